The SMILES string of the molecule is CCN(CCCC(C)O)C(C)CN(C)C. The van der Waals surface area contributed by atoms with Crippen molar-refractivity contribution < 1.29 is 5.11 Å². The Morgan fingerprint density at radius 3 is 2.20 bits per heavy atom. The second-order valence-electron chi connectivity index (χ2n) is 4.73. The molecule has 0 aromatic carbocycles. The van der Waals surface area contributed by atoms with Gasteiger partial charge in [-0.25, -0.2) is 0 Å². The summed E-state index contributed by atoms with van der Waals surface area (Å²) >= 11 is 0. The Balaban J connectivity index is 3.79. The zero-order valence-corrected chi connectivity index (χ0v) is 11.0. The summed E-state index contributed by atoms with van der Waals surface area (Å²) in [6, 6.07) is 0.596. The standard InChI is InChI=1S/C12H28N2O/c1-6-14(9-7-8-12(3)15)11(2)10-13(4)5/h11-12,15H,6-10H2,1-5H3. The third-order valence-electron chi connectivity index (χ3n) is 2.73. The summed E-state index contributed by atoms with van der Waals surface area (Å²) in [5.74, 6) is 0. The van der Waals surface area contributed by atoms with Crippen LogP contribution in [0.4, 0.5) is 0 Å². The van der Waals surface area contributed by atoms with Crippen molar-refractivity contribution in [2.45, 2.75) is 45.8 Å². The van der Waals surface area contributed by atoms with Crippen molar-refractivity contribution in [2.24, 2.45) is 0 Å². The predicted molar refractivity (Wildman–Crippen MR) is 66.2 cm³/mol. The van der Waals surface area contributed by atoms with E-state index in [0.717, 1.165) is 32.5 Å². The highest BCUT2D eigenvalue weighted by atomic mass is 16.3. The number of aliphatic hydroxyl groups is 1. The highest BCUT2D eigenvalue weighted by Crippen LogP contribution is 2.04. The van der Waals surface area contributed by atoms with Gasteiger partial charge in [-0.1, -0.05) is 6.92 Å². The smallest absolute Gasteiger partial charge is 0.0512 e. The fourth-order valence-electron chi connectivity index (χ4n) is 1.92. The van der Waals surface area contributed by atoms with Gasteiger partial charge < -0.3 is 10.0 Å². The van der Waals surface area contributed by atoms with E-state index in [0.29, 0.717) is 6.04 Å². The molecule has 0 saturated heterocycles. The van der Waals surface area contributed by atoms with Crippen molar-refractivity contribution >= 4 is 0 Å². The normalized spacial score (nSPS) is 16.0. The lowest BCUT2D eigenvalue weighted by Crippen LogP contribution is -2.40. The van der Waals surface area contributed by atoms with Crippen molar-refractivity contribution in [2.75, 3.05) is 33.7 Å². The minimum Gasteiger partial charge on any atom is -0.393 e. The Hall–Kier alpha value is -0.120. The molecule has 0 rings (SSSR count). The van der Waals surface area contributed by atoms with Crippen LogP contribution in [0.3, 0.4) is 0 Å². The summed E-state index contributed by atoms with van der Waals surface area (Å²) in [5.41, 5.74) is 0. The number of aliphatic hydroxyl groups excluding tert-OH is 1. The highest BCUT2D eigenvalue weighted by Gasteiger charge is 2.12. The molecule has 0 aromatic rings. The fourth-order valence-corrected chi connectivity index (χ4v) is 1.92. The molecule has 0 radical (unpaired) electrons. The van der Waals surface area contributed by atoms with Crippen LogP contribution >= 0.6 is 0 Å². The van der Waals surface area contributed by atoms with Crippen LogP contribution < -0.4 is 0 Å². The first-order valence-corrected chi connectivity index (χ1v) is 6.04. The first kappa shape index (κ1) is 14.9. The molecule has 3 heteroatoms. The fraction of sp³-hybridized carbons (Fsp3) is 1.00. The molecular formula is C12H28N2O. The molecule has 0 aliphatic heterocycles. The lowest BCUT2D eigenvalue weighted by atomic mass is 10.2. The third kappa shape index (κ3) is 7.77. The minimum atomic E-state index is -0.159. The van der Waals surface area contributed by atoms with E-state index in [1.54, 1.807) is 0 Å². The summed E-state index contributed by atoms with van der Waals surface area (Å²) in [7, 11) is 4.22. The highest BCUT2D eigenvalue weighted by molar-refractivity contribution is 4.68. The van der Waals surface area contributed by atoms with E-state index >= 15 is 0 Å². The van der Waals surface area contributed by atoms with Crippen LogP contribution in [0.2, 0.25) is 0 Å². The van der Waals surface area contributed by atoms with Crippen molar-refractivity contribution in [1.29, 1.82) is 0 Å². The Labute approximate surface area is 95.1 Å². The van der Waals surface area contributed by atoms with Crippen LogP contribution in [0, 0.1) is 0 Å². The molecule has 0 bridgehead atoms. The summed E-state index contributed by atoms with van der Waals surface area (Å²) in [6.45, 7) is 9.62. The maximum Gasteiger partial charge on any atom is 0.0512 e. The van der Waals surface area contributed by atoms with Crippen LogP contribution in [-0.2, 0) is 0 Å². The van der Waals surface area contributed by atoms with Gasteiger partial charge in [-0.3, -0.25) is 4.90 Å². The van der Waals surface area contributed by atoms with Gasteiger partial charge in [-0.2, -0.15) is 0 Å². The van der Waals surface area contributed by atoms with Gasteiger partial charge in [-0.05, 0) is 53.9 Å². The quantitative estimate of drug-likeness (QED) is 0.665. The summed E-state index contributed by atoms with van der Waals surface area (Å²) in [4.78, 5) is 4.70. The molecule has 0 aliphatic carbocycles. The van der Waals surface area contributed by atoms with Crippen LogP contribution in [0.1, 0.15) is 33.6 Å². The van der Waals surface area contributed by atoms with Crippen LogP contribution in [0.15, 0.2) is 0 Å². The average Bonchev–Trinajstić information content (AvgIpc) is 2.10. The zero-order valence-electron chi connectivity index (χ0n) is 11.0. The van der Waals surface area contributed by atoms with Gasteiger partial charge in [0.15, 0.2) is 0 Å². The minimum absolute atomic E-state index is 0.159. The third-order valence-corrected chi connectivity index (χ3v) is 2.73. The molecule has 1 N–H and O–H groups in total. The Kier molecular flexibility index (Phi) is 8.02. The van der Waals surface area contributed by atoms with E-state index < -0.39 is 0 Å². The monoisotopic (exact) mass is 216 g/mol. The van der Waals surface area contributed by atoms with E-state index in [2.05, 4.69) is 37.7 Å². The van der Waals surface area contributed by atoms with Crippen LogP contribution in [0.5, 0.6) is 0 Å². The van der Waals surface area contributed by atoms with E-state index in [1.807, 2.05) is 6.92 Å². The molecule has 0 fully saturated rings. The van der Waals surface area contributed by atoms with Gasteiger partial charge >= 0.3 is 0 Å². The first-order chi connectivity index (χ1) is 6.97. The van der Waals surface area contributed by atoms with Gasteiger partial charge in [0.25, 0.3) is 0 Å². The Morgan fingerprint density at radius 2 is 1.80 bits per heavy atom. The van der Waals surface area contributed by atoms with Gasteiger partial charge in [0.1, 0.15) is 0 Å². The van der Waals surface area contributed by atoms with E-state index in [1.165, 1.54) is 0 Å². The maximum atomic E-state index is 9.20. The largest absolute Gasteiger partial charge is 0.393 e. The van der Waals surface area contributed by atoms with E-state index in [-0.39, 0.29) is 6.10 Å². The molecule has 92 valence electrons. The number of likely N-dealkylation sites (N-methyl/N-ethyl adjacent to an activating group) is 2. The summed E-state index contributed by atoms with van der Waals surface area (Å²) < 4.78 is 0. The van der Waals surface area contributed by atoms with Gasteiger partial charge in [0.2, 0.25) is 0 Å². The van der Waals surface area contributed by atoms with E-state index in [9.17, 15) is 5.11 Å². The second kappa shape index (κ2) is 8.08. The lowest BCUT2D eigenvalue weighted by molar-refractivity contribution is 0.150. The predicted octanol–water partition coefficient (Wildman–Crippen LogP) is 1.42. The molecule has 3 nitrogen and oxygen atoms in total. The lowest BCUT2D eigenvalue weighted by Gasteiger charge is -2.30. The molecule has 0 aliphatic rings. The Morgan fingerprint density at radius 1 is 1.20 bits per heavy atom. The summed E-state index contributed by atoms with van der Waals surface area (Å²) in [6.07, 6.45) is 1.84. The van der Waals surface area contributed by atoms with Crippen molar-refractivity contribution in [3.63, 3.8) is 0 Å². The molecule has 2 atom stereocenters. The van der Waals surface area contributed by atoms with Crippen molar-refractivity contribution in [3.8, 4) is 0 Å². The number of rotatable bonds is 8. The second-order valence-corrected chi connectivity index (χ2v) is 4.73. The molecule has 0 heterocycles. The molecule has 0 amide bonds. The molecule has 0 saturated carbocycles. The molecule has 15 heavy (non-hydrogen) atoms. The zero-order chi connectivity index (χ0) is 11.8. The van der Waals surface area contributed by atoms with E-state index in [4.69, 9.17) is 0 Å². The molecule has 0 spiro atoms. The van der Waals surface area contributed by atoms with Crippen LogP contribution in [0.25, 0.3) is 0 Å². The van der Waals surface area contributed by atoms with Crippen molar-refractivity contribution in [1.82, 2.24) is 9.80 Å². The Bertz CT molecular complexity index is 149. The maximum absolute atomic E-state index is 9.20. The van der Waals surface area contributed by atoms with Crippen molar-refractivity contribution in [3.05, 3.63) is 0 Å². The van der Waals surface area contributed by atoms with Gasteiger partial charge in [0, 0.05) is 12.6 Å². The molecule has 0 aromatic heterocycles. The number of nitrogens with zero attached hydrogens (tertiary/aromatic N) is 2. The number of hydrogen-bond acceptors (Lipinski definition) is 3. The molecule has 2 unspecified atom stereocenters. The average molecular weight is 216 g/mol. The summed E-state index contributed by atoms with van der Waals surface area (Å²) in [5, 5.41) is 9.20. The molecular weight excluding hydrogens is 188 g/mol. The topological polar surface area (TPSA) is 26.7 Å². The first-order valence-electron chi connectivity index (χ1n) is 6.04. The van der Waals surface area contributed by atoms with Gasteiger partial charge in [0.05, 0.1) is 6.10 Å². The number of hydrogen-bond donors (Lipinski definition) is 1. The van der Waals surface area contributed by atoms with Crippen LogP contribution in [-0.4, -0.2) is 60.8 Å². The van der Waals surface area contributed by atoms with Gasteiger partial charge in [-0.15, -0.1) is 0 Å².